The van der Waals surface area contributed by atoms with E-state index in [0.717, 1.165) is 25.3 Å². The van der Waals surface area contributed by atoms with Gasteiger partial charge < -0.3 is 4.98 Å². The summed E-state index contributed by atoms with van der Waals surface area (Å²) in [6.45, 7) is 3.26. The molecule has 1 aliphatic rings. The van der Waals surface area contributed by atoms with Crippen molar-refractivity contribution in [3.05, 3.63) is 60.2 Å². The lowest BCUT2D eigenvalue weighted by molar-refractivity contribution is 0.203. The summed E-state index contributed by atoms with van der Waals surface area (Å²) in [6.07, 6.45) is 8.11. The Morgan fingerprint density at radius 1 is 1.14 bits per heavy atom. The SMILES string of the molecule is c1cncc(CN2CCC(c3ccc4cc[nH]c4n3)CC2)c1. The first-order valence-corrected chi connectivity index (χ1v) is 7.94. The summed E-state index contributed by atoms with van der Waals surface area (Å²) in [7, 11) is 0. The van der Waals surface area contributed by atoms with Crippen molar-refractivity contribution < 1.29 is 0 Å². The van der Waals surface area contributed by atoms with Crippen molar-refractivity contribution >= 4 is 11.0 Å². The number of pyridine rings is 2. The van der Waals surface area contributed by atoms with Gasteiger partial charge in [0.05, 0.1) is 0 Å². The van der Waals surface area contributed by atoms with Gasteiger partial charge in [-0.2, -0.15) is 0 Å². The van der Waals surface area contributed by atoms with E-state index < -0.39 is 0 Å². The fraction of sp³-hybridized carbons (Fsp3) is 0.333. The van der Waals surface area contributed by atoms with Crippen LogP contribution in [-0.2, 0) is 6.54 Å². The molecule has 4 heteroatoms. The molecule has 0 saturated carbocycles. The van der Waals surface area contributed by atoms with Gasteiger partial charge in [-0.25, -0.2) is 4.98 Å². The van der Waals surface area contributed by atoms with E-state index in [0.29, 0.717) is 5.92 Å². The van der Waals surface area contributed by atoms with Crippen LogP contribution >= 0.6 is 0 Å². The molecule has 0 amide bonds. The van der Waals surface area contributed by atoms with Gasteiger partial charge in [-0.3, -0.25) is 9.88 Å². The van der Waals surface area contributed by atoms with Gasteiger partial charge in [0.2, 0.25) is 0 Å². The second-order valence-corrected chi connectivity index (χ2v) is 6.06. The number of aromatic nitrogens is 3. The molecule has 22 heavy (non-hydrogen) atoms. The lowest BCUT2D eigenvalue weighted by Crippen LogP contribution is -2.32. The van der Waals surface area contributed by atoms with Gasteiger partial charge in [0.15, 0.2) is 0 Å². The van der Waals surface area contributed by atoms with Crippen LogP contribution in [0.25, 0.3) is 11.0 Å². The second kappa shape index (κ2) is 5.89. The predicted octanol–water partition coefficient (Wildman–Crippen LogP) is 3.34. The molecule has 0 unspecified atom stereocenters. The molecule has 0 radical (unpaired) electrons. The number of piperidine rings is 1. The number of hydrogen-bond acceptors (Lipinski definition) is 3. The van der Waals surface area contributed by atoms with Gasteiger partial charge in [0, 0.05) is 42.1 Å². The maximum absolute atomic E-state index is 4.78. The van der Waals surface area contributed by atoms with Crippen molar-refractivity contribution in [1.29, 1.82) is 0 Å². The van der Waals surface area contributed by atoms with Gasteiger partial charge in [0.1, 0.15) is 5.65 Å². The maximum Gasteiger partial charge on any atom is 0.137 e. The highest BCUT2D eigenvalue weighted by Gasteiger charge is 2.21. The van der Waals surface area contributed by atoms with Crippen LogP contribution in [0.4, 0.5) is 0 Å². The first-order valence-electron chi connectivity index (χ1n) is 7.94. The van der Waals surface area contributed by atoms with Crippen LogP contribution in [0.5, 0.6) is 0 Å². The van der Waals surface area contributed by atoms with Gasteiger partial charge >= 0.3 is 0 Å². The molecule has 3 aromatic rings. The number of H-pyrrole nitrogens is 1. The number of likely N-dealkylation sites (tertiary alicyclic amines) is 1. The minimum Gasteiger partial charge on any atom is -0.346 e. The standard InChI is InChI=1S/C18H20N4/c1-2-14(12-19-8-1)13-22-10-6-15(7-11-22)17-4-3-16-5-9-20-18(16)21-17/h1-5,8-9,12,15H,6-7,10-11,13H2,(H,20,21). The van der Waals surface area contributed by atoms with Crippen molar-refractivity contribution in [3.63, 3.8) is 0 Å². The maximum atomic E-state index is 4.78. The Labute approximate surface area is 130 Å². The lowest BCUT2D eigenvalue weighted by Gasteiger charge is -2.31. The highest BCUT2D eigenvalue weighted by atomic mass is 15.1. The third kappa shape index (κ3) is 2.74. The monoisotopic (exact) mass is 292 g/mol. The quantitative estimate of drug-likeness (QED) is 0.805. The zero-order valence-electron chi connectivity index (χ0n) is 12.6. The highest BCUT2D eigenvalue weighted by Crippen LogP contribution is 2.28. The first kappa shape index (κ1) is 13.5. The second-order valence-electron chi connectivity index (χ2n) is 6.06. The molecular weight excluding hydrogens is 272 g/mol. The summed E-state index contributed by atoms with van der Waals surface area (Å²) < 4.78 is 0. The zero-order valence-corrected chi connectivity index (χ0v) is 12.6. The van der Waals surface area contributed by atoms with Crippen LogP contribution in [0.2, 0.25) is 0 Å². The molecule has 0 aliphatic carbocycles. The van der Waals surface area contributed by atoms with Gasteiger partial charge in [-0.05, 0) is 55.8 Å². The number of rotatable bonds is 3. The Kier molecular flexibility index (Phi) is 3.60. The molecule has 3 aromatic heterocycles. The number of hydrogen-bond donors (Lipinski definition) is 1. The van der Waals surface area contributed by atoms with E-state index in [9.17, 15) is 0 Å². The van der Waals surface area contributed by atoms with Crippen LogP contribution in [0.15, 0.2) is 48.9 Å². The van der Waals surface area contributed by atoms with Gasteiger partial charge in [0.25, 0.3) is 0 Å². The lowest BCUT2D eigenvalue weighted by atomic mass is 9.92. The van der Waals surface area contributed by atoms with Gasteiger partial charge in [-0.1, -0.05) is 6.07 Å². The predicted molar refractivity (Wildman–Crippen MR) is 87.6 cm³/mol. The molecule has 0 aromatic carbocycles. The fourth-order valence-corrected chi connectivity index (χ4v) is 3.31. The normalized spacial score (nSPS) is 17.1. The van der Waals surface area contributed by atoms with Crippen molar-refractivity contribution in [2.45, 2.75) is 25.3 Å². The van der Waals surface area contributed by atoms with Crippen LogP contribution in [-0.4, -0.2) is 32.9 Å². The molecule has 1 saturated heterocycles. The van der Waals surface area contributed by atoms with Crippen LogP contribution in [0.3, 0.4) is 0 Å². The minimum atomic E-state index is 0.581. The first-order chi connectivity index (χ1) is 10.9. The summed E-state index contributed by atoms with van der Waals surface area (Å²) in [5.74, 6) is 0.581. The van der Waals surface area contributed by atoms with E-state index in [1.807, 2.05) is 24.7 Å². The molecule has 112 valence electrons. The summed E-state index contributed by atoms with van der Waals surface area (Å²) in [5, 5.41) is 1.19. The highest BCUT2D eigenvalue weighted by molar-refractivity contribution is 5.75. The van der Waals surface area contributed by atoms with E-state index in [1.54, 1.807) is 0 Å². The Balaban J connectivity index is 1.41. The molecule has 1 N–H and O–H groups in total. The molecular formula is C18H20N4. The minimum absolute atomic E-state index is 0.581. The Morgan fingerprint density at radius 3 is 2.86 bits per heavy atom. The molecule has 1 fully saturated rings. The molecule has 0 spiro atoms. The summed E-state index contributed by atoms with van der Waals surface area (Å²) in [6, 6.07) is 10.6. The fourth-order valence-electron chi connectivity index (χ4n) is 3.31. The largest absolute Gasteiger partial charge is 0.346 e. The average Bonchev–Trinajstić information content (AvgIpc) is 3.04. The van der Waals surface area contributed by atoms with E-state index in [1.165, 1.54) is 29.5 Å². The molecule has 4 rings (SSSR count). The van der Waals surface area contributed by atoms with Gasteiger partial charge in [-0.15, -0.1) is 0 Å². The van der Waals surface area contributed by atoms with E-state index in [2.05, 4.69) is 39.1 Å². The number of fused-ring (bicyclic) bond motifs is 1. The Bertz CT molecular complexity index is 742. The Hall–Kier alpha value is -2.20. The van der Waals surface area contributed by atoms with Crippen molar-refractivity contribution in [2.75, 3.05) is 13.1 Å². The number of nitrogens with zero attached hydrogens (tertiary/aromatic N) is 3. The molecule has 1 aliphatic heterocycles. The molecule has 4 nitrogen and oxygen atoms in total. The third-order valence-corrected chi connectivity index (χ3v) is 4.57. The number of aromatic amines is 1. The van der Waals surface area contributed by atoms with Crippen molar-refractivity contribution in [1.82, 2.24) is 19.9 Å². The summed E-state index contributed by atoms with van der Waals surface area (Å²) in [4.78, 5) is 14.7. The Morgan fingerprint density at radius 2 is 2.05 bits per heavy atom. The topological polar surface area (TPSA) is 44.8 Å². The van der Waals surface area contributed by atoms with Crippen molar-refractivity contribution in [2.24, 2.45) is 0 Å². The van der Waals surface area contributed by atoms with Crippen LogP contribution < -0.4 is 0 Å². The zero-order chi connectivity index (χ0) is 14.8. The molecule has 0 bridgehead atoms. The van der Waals surface area contributed by atoms with Crippen LogP contribution in [0, 0.1) is 0 Å². The molecule has 0 atom stereocenters. The van der Waals surface area contributed by atoms with E-state index in [-0.39, 0.29) is 0 Å². The van der Waals surface area contributed by atoms with E-state index >= 15 is 0 Å². The third-order valence-electron chi connectivity index (χ3n) is 4.57. The average molecular weight is 292 g/mol. The molecule has 4 heterocycles. The summed E-state index contributed by atoms with van der Waals surface area (Å²) >= 11 is 0. The summed E-state index contributed by atoms with van der Waals surface area (Å²) in [5.41, 5.74) is 3.54. The van der Waals surface area contributed by atoms with Crippen LogP contribution in [0.1, 0.15) is 30.0 Å². The smallest absolute Gasteiger partial charge is 0.137 e. The van der Waals surface area contributed by atoms with E-state index in [4.69, 9.17) is 4.98 Å². The number of nitrogens with one attached hydrogen (secondary N) is 1. The van der Waals surface area contributed by atoms with Crippen molar-refractivity contribution in [3.8, 4) is 0 Å².